The number of urea groups is 1. The number of benzene rings is 2. The van der Waals surface area contributed by atoms with Crippen molar-refractivity contribution in [3.05, 3.63) is 78.6 Å². The summed E-state index contributed by atoms with van der Waals surface area (Å²) in [7, 11) is 0. The molecule has 0 saturated carbocycles. The van der Waals surface area contributed by atoms with Gasteiger partial charge in [-0.2, -0.15) is 0 Å². The van der Waals surface area contributed by atoms with Crippen LogP contribution in [0.2, 0.25) is 0 Å². The predicted molar refractivity (Wildman–Crippen MR) is 158 cm³/mol. The van der Waals surface area contributed by atoms with Crippen LogP contribution in [-0.4, -0.2) is 52.5 Å². The highest BCUT2D eigenvalue weighted by molar-refractivity contribution is 5.90. The highest BCUT2D eigenvalue weighted by Gasteiger charge is 2.39. The zero-order valence-corrected chi connectivity index (χ0v) is 23.4. The molecule has 1 aliphatic heterocycles. The van der Waals surface area contributed by atoms with Gasteiger partial charge < -0.3 is 15.4 Å². The van der Waals surface area contributed by atoms with Gasteiger partial charge in [0.1, 0.15) is 5.65 Å². The molecule has 0 radical (unpaired) electrons. The SMILES string of the molecule is CCNC(=O)Nc1cccc(-c2cnc3cc(-c4ccc(CN5CCCC(C)(C(=O)OCC)C5)cc4)ccn23)c1. The summed E-state index contributed by atoms with van der Waals surface area (Å²) >= 11 is 0. The van der Waals surface area contributed by atoms with E-state index >= 15 is 0 Å². The summed E-state index contributed by atoms with van der Waals surface area (Å²) < 4.78 is 7.40. The molecular weight excluding hydrogens is 502 g/mol. The van der Waals surface area contributed by atoms with Gasteiger partial charge in [-0.05, 0) is 81.1 Å². The van der Waals surface area contributed by atoms with E-state index in [-0.39, 0.29) is 12.0 Å². The zero-order valence-electron chi connectivity index (χ0n) is 23.4. The monoisotopic (exact) mass is 539 g/mol. The van der Waals surface area contributed by atoms with Crippen molar-refractivity contribution in [3.63, 3.8) is 0 Å². The fraction of sp³-hybridized carbons (Fsp3) is 0.344. The van der Waals surface area contributed by atoms with Crippen molar-refractivity contribution in [1.82, 2.24) is 19.6 Å². The number of esters is 1. The van der Waals surface area contributed by atoms with E-state index in [0.29, 0.717) is 13.2 Å². The number of aromatic nitrogens is 2. The zero-order chi connectivity index (χ0) is 28.1. The van der Waals surface area contributed by atoms with Gasteiger partial charge in [0.15, 0.2) is 0 Å². The van der Waals surface area contributed by atoms with Crippen LogP contribution in [-0.2, 0) is 16.1 Å². The number of imidazole rings is 1. The second-order valence-corrected chi connectivity index (χ2v) is 10.6. The summed E-state index contributed by atoms with van der Waals surface area (Å²) in [6, 6.07) is 20.3. The van der Waals surface area contributed by atoms with Gasteiger partial charge in [-0.3, -0.25) is 14.1 Å². The molecule has 3 heterocycles. The van der Waals surface area contributed by atoms with Gasteiger partial charge >= 0.3 is 12.0 Å². The second kappa shape index (κ2) is 11.9. The average Bonchev–Trinajstić information content (AvgIpc) is 3.37. The first kappa shape index (κ1) is 27.4. The van der Waals surface area contributed by atoms with Gasteiger partial charge in [0.05, 0.1) is 23.9 Å². The van der Waals surface area contributed by atoms with Gasteiger partial charge in [0.25, 0.3) is 0 Å². The van der Waals surface area contributed by atoms with E-state index in [1.165, 1.54) is 5.56 Å². The molecular formula is C32H37N5O3. The van der Waals surface area contributed by atoms with Crippen LogP contribution in [0.5, 0.6) is 0 Å². The Bertz CT molecular complexity index is 1500. The molecule has 1 saturated heterocycles. The Labute approximate surface area is 235 Å². The normalized spacial score (nSPS) is 17.5. The number of fused-ring (bicyclic) bond motifs is 1. The molecule has 208 valence electrons. The number of hydrogen-bond donors (Lipinski definition) is 2. The van der Waals surface area contributed by atoms with Gasteiger partial charge in [-0.25, -0.2) is 9.78 Å². The molecule has 1 fully saturated rings. The molecule has 8 heteroatoms. The van der Waals surface area contributed by atoms with E-state index in [1.54, 1.807) is 0 Å². The van der Waals surface area contributed by atoms with E-state index in [2.05, 4.69) is 61.3 Å². The number of carbonyl (C=O) groups excluding carboxylic acids is 2. The largest absolute Gasteiger partial charge is 0.466 e. The number of likely N-dealkylation sites (tertiary alicyclic amines) is 1. The van der Waals surface area contributed by atoms with Crippen LogP contribution in [0, 0.1) is 5.41 Å². The van der Waals surface area contributed by atoms with Crippen LogP contribution in [0.3, 0.4) is 0 Å². The topological polar surface area (TPSA) is 88.0 Å². The first-order valence-corrected chi connectivity index (χ1v) is 14.0. The van der Waals surface area contributed by atoms with Crippen molar-refractivity contribution >= 4 is 23.3 Å². The maximum absolute atomic E-state index is 12.5. The Morgan fingerprint density at radius 2 is 1.85 bits per heavy atom. The third-order valence-corrected chi connectivity index (χ3v) is 7.50. The number of anilines is 1. The first-order valence-electron chi connectivity index (χ1n) is 14.0. The third kappa shape index (κ3) is 6.02. The molecule has 2 amide bonds. The van der Waals surface area contributed by atoms with E-state index in [1.807, 2.05) is 57.4 Å². The minimum absolute atomic E-state index is 0.0867. The van der Waals surface area contributed by atoms with Gasteiger partial charge in [-0.1, -0.05) is 36.4 Å². The van der Waals surface area contributed by atoms with Crippen LogP contribution in [0.1, 0.15) is 39.2 Å². The van der Waals surface area contributed by atoms with Crippen molar-refractivity contribution in [1.29, 1.82) is 0 Å². The van der Waals surface area contributed by atoms with Gasteiger partial charge in [0, 0.05) is 37.1 Å². The molecule has 1 unspecified atom stereocenters. The lowest BCUT2D eigenvalue weighted by molar-refractivity contribution is -0.157. The fourth-order valence-corrected chi connectivity index (χ4v) is 5.48. The number of nitrogens with one attached hydrogen (secondary N) is 2. The van der Waals surface area contributed by atoms with Gasteiger partial charge in [-0.15, -0.1) is 0 Å². The molecule has 8 nitrogen and oxygen atoms in total. The van der Waals surface area contributed by atoms with E-state index in [9.17, 15) is 9.59 Å². The Kier molecular flexibility index (Phi) is 8.16. The second-order valence-electron chi connectivity index (χ2n) is 10.6. The first-order chi connectivity index (χ1) is 19.4. The summed E-state index contributed by atoms with van der Waals surface area (Å²) in [4.78, 5) is 31.4. The van der Waals surface area contributed by atoms with Crippen LogP contribution in [0.15, 0.2) is 73.1 Å². The molecule has 2 aromatic heterocycles. The van der Waals surface area contributed by atoms with Crippen molar-refractivity contribution in [2.45, 2.75) is 40.2 Å². The highest BCUT2D eigenvalue weighted by atomic mass is 16.5. The molecule has 2 N–H and O–H groups in total. The molecule has 0 aliphatic carbocycles. The van der Waals surface area contributed by atoms with Crippen molar-refractivity contribution in [2.75, 3.05) is 31.6 Å². The summed E-state index contributed by atoms with van der Waals surface area (Å²) in [6.45, 7) is 9.28. The van der Waals surface area contributed by atoms with E-state index in [0.717, 1.165) is 66.2 Å². The Morgan fingerprint density at radius 1 is 1.02 bits per heavy atom. The van der Waals surface area contributed by atoms with E-state index < -0.39 is 5.41 Å². The number of pyridine rings is 1. The molecule has 4 aromatic rings. The Hall–Kier alpha value is -4.17. The molecule has 1 aliphatic rings. The number of piperidine rings is 1. The lowest BCUT2D eigenvalue weighted by atomic mass is 9.82. The van der Waals surface area contributed by atoms with Crippen molar-refractivity contribution in [3.8, 4) is 22.4 Å². The fourth-order valence-electron chi connectivity index (χ4n) is 5.48. The number of rotatable bonds is 8. The number of nitrogens with zero attached hydrogens (tertiary/aromatic N) is 3. The predicted octanol–water partition coefficient (Wildman–Crippen LogP) is 5.97. The minimum atomic E-state index is -0.436. The number of hydrogen-bond acceptors (Lipinski definition) is 5. The summed E-state index contributed by atoms with van der Waals surface area (Å²) in [5.41, 5.74) is 6.50. The van der Waals surface area contributed by atoms with Crippen LogP contribution in [0.25, 0.3) is 28.0 Å². The Balaban J connectivity index is 1.29. The Morgan fingerprint density at radius 3 is 2.62 bits per heavy atom. The number of amides is 2. The van der Waals surface area contributed by atoms with Crippen molar-refractivity contribution < 1.29 is 14.3 Å². The molecule has 5 rings (SSSR count). The molecule has 2 aromatic carbocycles. The molecule has 1 atom stereocenters. The summed E-state index contributed by atoms with van der Waals surface area (Å²) in [5.74, 6) is -0.0867. The standard InChI is InChI=1S/C32H37N5O3/c1-4-33-31(39)35-27-9-6-8-26(18-27)28-20-34-29-19-25(14-17-37(28)29)24-12-10-23(11-13-24)21-36-16-7-15-32(3,22-36)30(38)40-5-2/h6,8-14,17-20H,4-5,7,15-16,21-22H2,1-3H3,(H2,33,35,39). The lowest BCUT2D eigenvalue weighted by Crippen LogP contribution is -2.46. The maximum Gasteiger partial charge on any atom is 0.319 e. The average molecular weight is 540 g/mol. The molecule has 0 bridgehead atoms. The van der Waals surface area contributed by atoms with Crippen LogP contribution < -0.4 is 10.6 Å². The van der Waals surface area contributed by atoms with Crippen molar-refractivity contribution in [2.24, 2.45) is 5.41 Å². The van der Waals surface area contributed by atoms with E-state index in [4.69, 9.17) is 4.74 Å². The summed E-state index contributed by atoms with van der Waals surface area (Å²) in [6.07, 6.45) is 5.76. The number of carbonyl (C=O) groups is 2. The smallest absolute Gasteiger partial charge is 0.319 e. The lowest BCUT2D eigenvalue weighted by Gasteiger charge is -2.38. The quantitative estimate of drug-likeness (QED) is 0.269. The summed E-state index contributed by atoms with van der Waals surface area (Å²) in [5, 5.41) is 5.61. The number of ether oxygens (including phenoxy) is 1. The molecule has 0 spiro atoms. The minimum Gasteiger partial charge on any atom is -0.466 e. The molecule has 40 heavy (non-hydrogen) atoms. The van der Waals surface area contributed by atoms with Crippen LogP contribution >= 0.6 is 0 Å². The van der Waals surface area contributed by atoms with Gasteiger partial charge in [0.2, 0.25) is 0 Å². The maximum atomic E-state index is 12.5. The third-order valence-electron chi connectivity index (χ3n) is 7.50. The van der Waals surface area contributed by atoms with Crippen LogP contribution in [0.4, 0.5) is 10.5 Å². The highest BCUT2D eigenvalue weighted by Crippen LogP contribution is 2.32.